The van der Waals surface area contributed by atoms with Gasteiger partial charge in [-0.05, 0) is 18.2 Å². The van der Waals surface area contributed by atoms with Crippen molar-refractivity contribution in [3.8, 4) is 23.6 Å². The van der Waals surface area contributed by atoms with Crippen molar-refractivity contribution in [3.63, 3.8) is 0 Å². The maximum atomic E-state index is 11.9. The zero-order chi connectivity index (χ0) is 13.8. The van der Waals surface area contributed by atoms with Crippen molar-refractivity contribution < 1.29 is 23.0 Å². The van der Waals surface area contributed by atoms with Crippen molar-refractivity contribution in [2.24, 2.45) is 0 Å². The standard InChI is InChI=1S/C11H5F3N2O2/c12-11(13,14)18-9-2-1-8(10(17)4-9)3-7(5-15)6-16/h1-4,17H. The van der Waals surface area contributed by atoms with E-state index in [-0.39, 0.29) is 11.1 Å². The van der Waals surface area contributed by atoms with Gasteiger partial charge in [0.25, 0.3) is 0 Å². The van der Waals surface area contributed by atoms with Gasteiger partial charge in [-0.25, -0.2) is 0 Å². The molecule has 1 aromatic carbocycles. The molecule has 7 heteroatoms. The summed E-state index contributed by atoms with van der Waals surface area (Å²) in [6.45, 7) is 0. The van der Waals surface area contributed by atoms with Crippen molar-refractivity contribution in [2.45, 2.75) is 6.36 Å². The third-order valence-corrected chi connectivity index (χ3v) is 1.78. The van der Waals surface area contributed by atoms with Gasteiger partial charge >= 0.3 is 6.36 Å². The van der Waals surface area contributed by atoms with Crippen LogP contribution >= 0.6 is 0 Å². The lowest BCUT2D eigenvalue weighted by Crippen LogP contribution is -2.17. The smallest absolute Gasteiger partial charge is 0.507 e. The summed E-state index contributed by atoms with van der Waals surface area (Å²) < 4.78 is 39.3. The minimum absolute atomic E-state index is 0.0441. The van der Waals surface area contributed by atoms with E-state index in [4.69, 9.17) is 10.5 Å². The second kappa shape index (κ2) is 5.11. The van der Waals surface area contributed by atoms with Gasteiger partial charge in [-0.1, -0.05) is 0 Å². The Kier molecular flexibility index (Phi) is 3.80. The molecule has 0 fully saturated rings. The molecule has 18 heavy (non-hydrogen) atoms. The molecular weight excluding hydrogens is 249 g/mol. The van der Waals surface area contributed by atoms with E-state index in [9.17, 15) is 18.3 Å². The first-order valence-electron chi connectivity index (χ1n) is 4.46. The van der Waals surface area contributed by atoms with Crippen LogP contribution in [0, 0.1) is 22.7 Å². The number of nitriles is 2. The molecule has 0 unspecified atom stereocenters. The van der Waals surface area contributed by atoms with Crippen molar-refractivity contribution in [2.75, 3.05) is 0 Å². The predicted octanol–water partition coefficient (Wildman–Crippen LogP) is 2.72. The third-order valence-electron chi connectivity index (χ3n) is 1.78. The molecule has 0 aromatic heterocycles. The van der Waals surface area contributed by atoms with E-state index in [1.807, 2.05) is 0 Å². The summed E-state index contributed by atoms with van der Waals surface area (Å²) in [6.07, 6.45) is -3.80. The summed E-state index contributed by atoms with van der Waals surface area (Å²) in [6, 6.07) is 5.92. The molecule has 0 bridgehead atoms. The average Bonchev–Trinajstić information content (AvgIpc) is 2.26. The maximum absolute atomic E-state index is 11.9. The molecule has 4 nitrogen and oxygen atoms in total. The van der Waals surface area contributed by atoms with Crippen LogP contribution < -0.4 is 4.74 Å². The molecule has 1 N–H and O–H groups in total. The number of aromatic hydroxyl groups is 1. The van der Waals surface area contributed by atoms with Crippen LogP contribution in [0.4, 0.5) is 13.2 Å². The Morgan fingerprint density at radius 1 is 1.28 bits per heavy atom. The summed E-state index contributed by atoms with van der Waals surface area (Å²) in [5, 5.41) is 26.4. The molecule has 1 aromatic rings. The topological polar surface area (TPSA) is 77.0 Å². The molecule has 0 heterocycles. The maximum Gasteiger partial charge on any atom is 0.573 e. The second-order valence-electron chi connectivity index (χ2n) is 3.05. The van der Waals surface area contributed by atoms with Gasteiger partial charge in [-0.3, -0.25) is 0 Å². The molecule has 0 spiro atoms. The van der Waals surface area contributed by atoms with Crippen LogP contribution in [0.1, 0.15) is 5.56 Å². The highest BCUT2D eigenvalue weighted by molar-refractivity contribution is 5.66. The van der Waals surface area contributed by atoms with E-state index in [1.54, 1.807) is 12.1 Å². The Hall–Kier alpha value is -2.67. The molecule has 92 valence electrons. The van der Waals surface area contributed by atoms with Crippen LogP contribution in [-0.4, -0.2) is 11.5 Å². The fraction of sp³-hybridized carbons (Fsp3) is 0.0909. The lowest BCUT2D eigenvalue weighted by Gasteiger charge is -2.09. The molecule has 0 atom stereocenters. The minimum atomic E-state index is -4.85. The molecule has 1 rings (SSSR count). The highest BCUT2D eigenvalue weighted by atomic mass is 19.4. The highest BCUT2D eigenvalue weighted by Gasteiger charge is 2.31. The number of nitrogens with zero attached hydrogens (tertiary/aromatic N) is 2. The Morgan fingerprint density at radius 3 is 2.33 bits per heavy atom. The fourth-order valence-electron chi connectivity index (χ4n) is 1.09. The Labute approximate surface area is 99.8 Å². The monoisotopic (exact) mass is 254 g/mol. The van der Waals surface area contributed by atoms with Crippen LogP contribution in [-0.2, 0) is 0 Å². The molecule has 0 amide bonds. The van der Waals surface area contributed by atoms with Gasteiger partial charge in [0, 0.05) is 11.6 Å². The van der Waals surface area contributed by atoms with E-state index in [1.165, 1.54) is 0 Å². The molecule has 0 saturated heterocycles. The summed E-state index contributed by atoms with van der Waals surface area (Å²) in [7, 11) is 0. The van der Waals surface area contributed by atoms with Crippen LogP contribution in [0.15, 0.2) is 23.8 Å². The SMILES string of the molecule is N#CC(C#N)=Cc1ccc(OC(F)(F)F)cc1O. The average molecular weight is 254 g/mol. The number of ether oxygens (including phenoxy) is 1. The van der Waals surface area contributed by atoms with Gasteiger partial charge in [0.15, 0.2) is 0 Å². The molecule has 0 aliphatic heterocycles. The third kappa shape index (κ3) is 3.72. The van der Waals surface area contributed by atoms with Gasteiger partial charge < -0.3 is 9.84 Å². The number of rotatable bonds is 2. The number of benzene rings is 1. The van der Waals surface area contributed by atoms with Gasteiger partial charge in [-0.15, -0.1) is 13.2 Å². The fourth-order valence-corrected chi connectivity index (χ4v) is 1.09. The molecule has 0 radical (unpaired) electrons. The van der Waals surface area contributed by atoms with E-state index in [0.717, 1.165) is 24.3 Å². The van der Waals surface area contributed by atoms with Crippen molar-refractivity contribution in [1.82, 2.24) is 0 Å². The predicted molar refractivity (Wildman–Crippen MR) is 54.0 cm³/mol. The number of phenolic OH excluding ortho intramolecular Hbond substituents is 1. The summed E-state index contributed by atoms with van der Waals surface area (Å²) in [5.41, 5.74) is -0.239. The van der Waals surface area contributed by atoms with Crippen LogP contribution in [0.5, 0.6) is 11.5 Å². The number of alkyl halides is 3. The van der Waals surface area contributed by atoms with E-state index < -0.39 is 17.9 Å². The summed E-state index contributed by atoms with van der Waals surface area (Å²) in [5.74, 6) is -1.12. The molecular formula is C11H5F3N2O2. The zero-order valence-corrected chi connectivity index (χ0v) is 8.69. The number of phenols is 1. The quantitative estimate of drug-likeness (QED) is 0.823. The number of halogens is 3. The van der Waals surface area contributed by atoms with Crippen LogP contribution in [0.3, 0.4) is 0 Å². The van der Waals surface area contributed by atoms with Gasteiger partial charge in [0.1, 0.15) is 29.2 Å². The lowest BCUT2D eigenvalue weighted by molar-refractivity contribution is -0.274. The first-order chi connectivity index (χ1) is 8.35. The van der Waals surface area contributed by atoms with E-state index >= 15 is 0 Å². The van der Waals surface area contributed by atoms with Gasteiger partial charge in [-0.2, -0.15) is 10.5 Å². The van der Waals surface area contributed by atoms with E-state index in [0.29, 0.717) is 0 Å². The first-order valence-corrected chi connectivity index (χ1v) is 4.46. The molecule has 0 saturated carbocycles. The lowest BCUT2D eigenvalue weighted by atomic mass is 10.1. The largest absolute Gasteiger partial charge is 0.573 e. The normalized spacial score (nSPS) is 10.1. The van der Waals surface area contributed by atoms with E-state index in [2.05, 4.69) is 4.74 Å². The summed E-state index contributed by atoms with van der Waals surface area (Å²) in [4.78, 5) is 0. The van der Waals surface area contributed by atoms with Crippen LogP contribution in [0.25, 0.3) is 6.08 Å². The first kappa shape index (κ1) is 13.4. The van der Waals surface area contributed by atoms with Crippen LogP contribution in [0.2, 0.25) is 0 Å². The van der Waals surface area contributed by atoms with Crippen molar-refractivity contribution >= 4 is 6.08 Å². The van der Waals surface area contributed by atoms with Crippen molar-refractivity contribution in [1.29, 1.82) is 10.5 Å². The molecule has 0 aliphatic rings. The summed E-state index contributed by atoms with van der Waals surface area (Å²) >= 11 is 0. The van der Waals surface area contributed by atoms with Gasteiger partial charge in [0.05, 0.1) is 0 Å². The number of allylic oxidation sites excluding steroid dienone is 1. The minimum Gasteiger partial charge on any atom is -0.507 e. The molecule has 0 aliphatic carbocycles. The highest BCUT2D eigenvalue weighted by Crippen LogP contribution is 2.29. The second-order valence-corrected chi connectivity index (χ2v) is 3.05. The number of hydrogen-bond donors (Lipinski definition) is 1. The Balaban J connectivity index is 3.06. The number of hydrogen-bond acceptors (Lipinski definition) is 4. The van der Waals surface area contributed by atoms with Crippen molar-refractivity contribution in [3.05, 3.63) is 29.3 Å². The Morgan fingerprint density at radius 2 is 1.89 bits per heavy atom. The van der Waals surface area contributed by atoms with Gasteiger partial charge in [0.2, 0.25) is 0 Å². The Bertz CT molecular complexity index is 549. The zero-order valence-electron chi connectivity index (χ0n) is 8.69.